The van der Waals surface area contributed by atoms with Crippen molar-refractivity contribution in [1.29, 1.82) is 0 Å². The van der Waals surface area contributed by atoms with Gasteiger partial charge in [0.25, 0.3) is 0 Å². The molecule has 4 nitrogen and oxygen atoms in total. The standard InChI is InChI=1S/C11H15FN2O2/c1-7(14-6-10(13)11(15)16)8-3-2-4-9(12)5-8/h2-5,7,10,14H,6,13H2,1H3,(H,15,16)/t7-,10?/m0/s1. The fourth-order valence-corrected chi connectivity index (χ4v) is 1.28. The van der Waals surface area contributed by atoms with Gasteiger partial charge in [-0.2, -0.15) is 0 Å². The average Bonchev–Trinajstić information content (AvgIpc) is 2.25. The van der Waals surface area contributed by atoms with E-state index < -0.39 is 12.0 Å². The summed E-state index contributed by atoms with van der Waals surface area (Å²) in [4.78, 5) is 10.5. The molecule has 0 bridgehead atoms. The van der Waals surface area contributed by atoms with Crippen molar-refractivity contribution in [2.24, 2.45) is 5.73 Å². The normalized spacial score (nSPS) is 14.4. The number of carbonyl (C=O) groups is 1. The maximum Gasteiger partial charge on any atom is 0.321 e. The quantitative estimate of drug-likeness (QED) is 0.697. The van der Waals surface area contributed by atoms with Crippen LogP contribution in [-0.4, -0.2) is 23.7 Å². The summed E-state index contributed by atoms with van der Waals surface area (Å²) in [5.74, 6) is -1.37. The van der Waals surface area contributed by atoms with E-state index in [-0.39, 0.29) is 18.4 Å². The molecule has 0 heterocycles. The van der Waals surface area contributed by atoms with Gasteiger partial charge in [-0.1, -0.05) is 12.1 Å². The molecule has 1 unspecified atom stereocenters. The molecular formula is C11H15FN2O2. The van der Waals surface area contributed by atoms with Crippen LogP contribution < -0.4 is 11.1 Å². The third-order valence-electron chi connectivity index (χ3n) is 2.31. The molecular weight excluding hydrogens is 211 g/mol. The first kappa shape index (κ1) is 12.6. The maximum absolute atomic E-state index is 12.9. The minimum Gasteiger partial charge on any atom is -0.480 e. The second-order valence-corrected chi connectivity index (χ2v) is 3.63. The van der Waals surface area contributed by atoms with Crippen LogP contribution in [-0.2, 0) is 4.79 Å². The topological polar surface area (TPSA) is 75.3 Å². The van der Waals surface area contributed by atoms with Crippen molar-refractivity contribution in [3.8, 4) is 0 Å². The number of carboxylic acids is 1. The van der Waals surface area contributed by atoms with Crippen LogP contribution in [0.1, 0.15) is 18.5 Å². The first-order chi connectivity index (χ1) is 7.50. The number of hydrogen-bond donors (Lipinski definition) is 3. The second-order valence-electron chi connectivity index (χ2n) is 3.63. The van der Waals surface area contributed by atoms with Crippen LogP contribution in [0.5, 0.6) is 0 Å². The Hall–Kier alpha value is -1.46. The lowest BCUT2D eigenvalue weighted by Crippen LogP contribution is -2.41. The minimum absolute atomic E-state index is 0.138. The van der Waals surface area contributed by atoms with Gasteiger partial charge in [-0.25, -0.2) is 4.39 Å². The van der Waals surface area contributed by atoms with E-state index >= 15 is 0 Å². The van der Waals surface area contributed by atoms with Crippen molar-refractivity contribution in [2.45, 2.75) is 19.0 Å². The Bertz CT molecular complexity index is 371. The number of aliphatic carboxylic acids is 1. The number of hydrogen-bond acceptors (Lipinski definition) is 3. The highest BCUT2D eigenvalue weighted by Crippen LogP contribution is 2.12. The van der Waals surface area contributed by atoms with E-state index in [4.69, 9.17) is 10.8 Å². The van der Waals surface area contributed by atoms with E-state index in [2.05, 4.69) is 5.32 Å². The summed E-state index contributed by atoms with van der Waals surface area (Å²) in [6.07, 6.45) is 0. The Labute approximate surface area is 93.3 Å². The van der Waals surface area contributed by atoms with Crippen molar-refractivity contribution in [3.05, 3.63) is 35.6 Å². The summed E-state index contributed by atoms with van der Waals surface area (Å²) in [6.45, 7) is 1.97. The molecule has 4 N–H and O–H groups in total. The molecule has 0 aromatic heterocycles. The first-order valence-electron chi connectivity index (χ1n) is 4.98. The second kappa shape index (κ2) is 5.58. The highest BCUT2D eigenvalue weighted by Gasteiger charge is 2.13. The lowest BCUT2D eigenvalue weighted by atomic mass is 10.1. The van der Waals surface area contributed by atoms with E-state index in [0.717, 1.165) is 5.56 Å². The third-order valence-corrected chi connectivity index (χ3v) is 2.31. The SMILES string of the molecule is C[C@H](NCC(N)C(=O)O)c1cccc(F)c1. The molecule has 0 aliphatic rings. The van der Waals surface area contributed by atoms with Crippen LogP contribution in [0, 0.1) is 5.82 Å². The lowest BCUT2D eigenvalue weighted by Gasteiger charge is -2.15. The molecule has 0 aliphatic carbocycles. The zero-order valence-electron chi connectivity index (χ0n) is 8.98. The van der Waals surface area contributed by atoms with Gasteiger partial charge in [0.05, 0.1) is 0 Å². The van der Waals surface area contributed by atoms with Crippen molar-refractivity contribution in [1.82, 2.24) is 5.32 Å². The summed E-state index contributed by atoms with van der Waals surface area (Å²) in [5.41, 5.74) is 6.10. The highest BCUT2D eigenvalue weighted by atomic mass is 19.1. The van der Waals surface area contributed by atoms with Crippen molar-refractivity contribution in [2.75, 3.05) is 6.54 Å². The summed E-state index contributed by atoms with van der Waals surface area (Å²) in [6, 6.07) is 5.06. The molecule has 5 heteroatoms. The summed E-state index contributed by atoms with van der Waals surface area (Å²) >= 11 is 0. The van der Waals surface area contributed by atoms with Gasteiger partial charge < -0.3 is 16.2 Å². The van der Waals surface area contributed by atoms with E-state index in [1.807, 2.05) is 6.92 Å². The molecule has 0 spiro atoms. The van der Waals surface area contributed by atoms with Crippen molar-refractivity contribution in [3.63, 3.8) is 0 Å². The molecule has 0 aliphatic heterocycles. The number of nitrogens with two attached hydrogens (primary N) is 1. The molecule has 1 aromatic carbocycles. The van der Waals surface area contributed by atoms with E-state index in [1.165, 1.54) is 12.1 Å². The van der Waals surface area contributed by atoms with Crippen molar-refractivity contribution < 1.29 is 14.3 Å². The zero-order chi connectivity index (χ0) is 12.1. The minimum atomic E-state index is -1.06. The van der Waals surface area contributed by atoms with Gasteiger partial charge in [0.2, 0.25) is 0 Å². The van der Waals surface area contributed by atoms with Gasteiger partial charge in [0, 0.05) is 12.6 Å². The molecule has 88 valence electrons. The smallest absolute Gasteiger partial charge is 0.321 e. The number of rotatable bonds is 5. The van der Waals surface area contributed by atoms with Gasteiger partial charge in [-0.15, -0.1) is 0 Å². The van der Waals surface area contributed by atoms with Gasteiger partial charge in [0.15, 0.2) is 0 Å². The van der Waals surface area contributed by atoms with E-state index in [0.29, 0.717) is 0 Å². The van der Waals surface area contributed by atoms with Crippen LogP contribution in [0.4, 0.5) is 4.39 Å². The van der Waals surface area contributed by atoms with Crippen LogP contribution in [0.15, 0.2) is 24.3 Å². The van der Waals surface area contributed by atoms with E-state index in [9.17, 15) is 9.18 Å². The largest absolute Gasteiger partial charge is 0.480 e. The number of carboxylic acid groups (broad SMARTS) is 1. The Kier molecular flexibility index (Phi) is 4.39. The Morgan fingerprint density at radius 2 is 2.31 bits per heavy atom. The maximum atomic E-state index is 12.9. The van der Waals surface area contributed by atoms with Crippen LogP contribution >= 0.6 is 0 Å². The van der Waals surface area contributed by atoms with Crippen LogP contribution in [0.2, 0.25) is 0 Å². The zero-order valence-corrected chi connectivity index (χ0v) is 8.98. The first-order valence-corrected chi connectivity index (χ1v) is 4.98. The molecule has 1 rings (SSSR count). The van der Waals surface area contributed by atoms with Gasteiger partial charge in [-0.05, 0) is 24.6 Å². The fraction of sp³-hybridized carbons (Fsp3) is 0.364. The Balaban J connectivity index is 2.52. The lowest BCUT2D eigenvalue weighted by molar-refractivity contribution is -0.138. The predicted octanol–water partition coefficient (Wildman–Crippen LogP) is 0.888. The summed E-state index contributed by atoms with van der Waals surface area (Å²) in [5, 5.41) is 11.5. The third kappa shape index (κ3) is 3.60. The molecule has 16 heavy (non-hydrogen) atoms. The fourth-order valence-electron chi connectivity index (χ4n) is 1.28. The molecule has 1 aromatic rings. The molecule has 0 amide bonds. The summed E-state index contributed by atoms with van der Waals surface area (Å²) in [7, 11) is 0. The summed E-state index contributed by atoms with van der Waals surface area (Å²) < 4.78 is 12.9. The van der Waals surface area contributed by atoms with Gasteiger partial charge in [-0.3, -0.25) is 4.79 Å². The van der Waals surface area contributed by atoms with Gasteiger partial charge in [0.1, 0.15) is 11.9 Å². The number of benzene rings is 1. The molecule has 2 atom stereocenters. The molecule has 0 radical (unpaired) electrons. The monoisotopic (exact) mass is 226 g/mol. The van der Waals surface area contributed by atoms with Gasteiger partial charge >= 0.3 is 5.97 Å². The predicted molar refractivity (Wildman–Crippen MR) is 58.4 cm³/mol. The molecule has 0 saturated heterocycles. The number of nitrogens with one attached hydrogen (secondary N) is 1. The van der Waals surface area contributed by atoms with E-state index in [1.54, 1.807) is 12.1 Å². The van der Waals surface area contributed by atoms with Crippen LogP contribution in [0.3, 0.4) is 0 Å². The molecule has 0 saturated carbocycles. The number of halogens is 1. The van der Waals surface area contributed by atoms with Crippen LogP contribution in [0.25, 0.3) is 0 Å². The highest BCUT2D eigenvalue weighted by molar-refractivity contribution is 5.73. The Morgan fingerprint density at radius 1 is 1.62 bits per heavy atom. The van der Waals surface area contributed by atoms with Crippen molar-refractivity contribution >= 4 is 5.97 Å². The molecule has 0 fully saturated rings. The average molecular weight is 226 g/mol. The Morgan fingerprint density at radius 3 is 2.88 bits per heavy atom.